The second kappa shape index (κ2) is 6.83. The molecule has 2 N–H and O–H groups in total. The zero-order valence-corrected chi connectivity index (χ0v) is 11.3. The molecule has 1 aliphatic carbocycles. The molecule has 2 unspecified atom stereocenters. The molecule has 2 fully saturated rings. The minimum Gasteiger partial charge on any atom is -0.328 e. The summed E-state index contributed by atoms with van der Waals surface area (Å²) in [5.74, 6) is 1.75. The number of hydrogen-bond donors (Lipinski definition) is 1. The van der Waals surface area contributed by atoms with Crippen LogP contribution in [0.5, 0.6) is 0 Å². The van der Waals surface area contributed by atoms with Crippen molar-refractivity contribution in [2.45, 2.75) is 51.5 Å². The van der Waals surface area contributed by atoms with Crippen LogP contribution in [-0.2, 0) is 0 Å². The molecule has 2 nitrogen and oxygen atoms in total. The molecule has 16 heavy (non-hydrogen) atoms. The van der Waals surface area contributed by atoms with Crippen molar-refractivity contribution in [2.75, 3.05) is 19.6 Å². The van der Waals surface area contributed by atoms with Gasteiger partial charge in [-0.15, -0.1) is 12.4 Å². The Labute approximate surface area is 106 Å². The first-order chi connectivity index (χ1) is 7.25. The molecular weight excluding hydrogens is 220 g/mol. The third-order valence-electron chi connectivity index (χ3n) is 4.29. The quantitative estimate of drug-likeness (QED) is 0.830. The summed E-state index contributed by atoms with van der Waals surface area (Å²) in [7, 11) is 0. The predicted molar refractivity (Wildman–Crippen MR) is 72.0 cm³/mol. The molecule has 2 aliphatic rings. The maximum atomic E-state index is 5.97. The standard InChI is InChI=1S/C13H26N2.ClH/c1-11(14)13-7-8-15(10-13)9-12-5-3-2-4-6-12;/h11-13H,2-10,14H2,1H3;1H. The van der Waals surface area contributed by atoms with Crippen LogP contribution in [-0.4, -0.2) is 30.6 Å². The van der Waals surface area contributed by atoms with E-state index in [2.05, 4.69) is 11.8 Å². The molecular formula is C13H27ClN2. The highest BCUT2D eigenvalue weighted by Gasteiger charge is 2.27. The van der Waals surface area contributed by atoms with Crippen LogP contribution in [0.4, 0.5) is 0 Å². The average Bonchev–Trinajstić information content (AvgIpc) is 2.68. The molecule has 0 bridgehead atoms. The van der Waals surface area contributed by atoms with Gasteiger partial charge in [0.1, 0.15) is 0 Å². The first kappa shape index (κ1) is 14.3. The molecule has 0 radical (unpaired) electrons. The summed E-state index contributed by atoms with van der Waals surface area (Å²) in [6, 6.07) is 0.390. The fraction of sp³-hybridized carbons (Fsp3) is 1.00. The van der Waals surface area contributed by atoms with E-state index in [0.717, 1.165) is 11.8 Å². The molecule has 1 saturated heterocycles. The lowest BCUT2D eigenvalue weighted by Gasteiger charge is -2.27. The van der Waals surface area contributed by atoms with E-state index >= 15 is 0 Å². The first-order valence-electron chi connectivity index (χ1n) is 6.73. The van der Waals surface area contributed by atoms with Crippen LogP contribution in [0, 0.1) is 11.8 Å². The molecule has 0 aromatic heterocycles. The number of rotatable bonds is 3. The summed E-state index contributed by atoms with van der Waals surface area (Å²) in [6.07, 6.45) is 8.67. The molecule has 1 heterocycles. The third-order valence-corrected chi connectivity index (χ3v) is 4.29. The average molecular weight is 247 g/mol. The summed E-state index contributed by atoms with van der Waals surface area (Å²) >= 11 is 0. The summed E-state index contributed by atoms with van der Waals surface area (Å²) in [4.78, 5) is 2.66. The monoisotopic (exact) mass is 246 g/mol. The van der Waals surface area contributed by atoms with Crippen LogP contribution in [0.2, 0.25) is 0 Å². The van der Waals surface area contributed by atoms with Crippen molar-refractivity contribution in [3.63, 3.8) is 0 Å². The molecule has 0 aromatic carbocycles. The van der Waals surface area contributed by atoms with E-state index in [-0.39, 0.29) is 12.4 Å². The summed E-state index contributed by atoms with van der Waals surface area (Å²) < 4.78 is 0. The van der Waals surface area contributed by atoms with Crippen molar-refractivity contribution in [3.8, 4) is 0 Å². The molecule has 0 amide bonds. The van der Waals surface area contributed by atoms with Gasteiger partial charge >= 0.3 is 0 Å². The minimum atomic E-state index is 0. The topological polar surface area (TPSA) is 29.3 Å². The molecule has 2 atom stereocenters. The van der Waals surface area contributed by atoms with E-state index in [1.165, 1.54) is 58.2 Å². The minimum absolute atomic E-state index is 0. The highest BCUT2D eigenvalue weighted by Crippen LogP contribution is 2.27. The van der Waals surface area contributed by atoms with Gasteiger partial charge in [-0.05, 0) is 44.6 Å². The molecule has 3 heteroatoms. The van der Waals surface area contributed by atoms with Crippen LogP contribution >= 0.6 is 12.4 Å². The SMILES string of the molecule is CC(N)C1CCN(CC2CCCCC2)C1.Cl. The predicted octanol–water partition coefficient (Wildman–Crippen LogP) is 2.66. The lowest BCUT2D eigenvalue weighted by Crippen LogP contribution is -2.32. The van der Waals surface area contributed by atoms with E-state index in [0.29, 0.717) is 6.04 Å². The summed E-state index contributed by atoms with van der Waals surface area (Å²) in [6.45, 7) is 6.06. The van der Waals surface area contributed by atoms with Crippen molar-refractivity contribution >= 4 is 12.4 Å². The highest BCUT2D eigenvalue weighted by molar-refractivity contribution is 5.85. The van der Waals surface area contributed by atoms with Gasteiger partial charge in [0.2, 0.25) is 0 Å². The van der Waals surface area contributed by atoms with Crippen molar-refractivity contribution in [1.29, 1.82) is 0 Å². The van der Waals surface area contributed by atoms with Gasteiger partial charge in [0.15, 0.2) is 0 Å². The van der Waals surface area contributed by atoms with Crippen molar-refractivity contribution in [3.05, 3.63) is 0 Å². The Kier molecular flexibility index (Phi) is 6.09. The second-order valence-electron chi connectivity index (χ2n) is 5.67. The number of halogens is 1. The Bertz CT molecular complexity index is 190. The Morgan fingerprint density at radius 3 is 2.44 bits per heavy atom. The van der Waals surface area contributed by atoms with Gasteiger partial charge < -0.3 is 10.6 Å². The smallest absolute Gasteiger partial charge is 0.00514 e. The Morgan fingerprint density at radius 2 is 1.88 bits per heavy atom. The fourth-order valence-electron chi connectivity index (χ4n) is 3.19. The van der Waals surface area contributed by atoms with Gasteiger partial charge in [-0.3, -0.25) is 0 Å². The van der Waals surface area contributed by atoms with E-state index in [1.54, 1.807) is 0 Å². The molecule has 1 aliphatic heterocycles. The number of likely N-dealkylation sites (tertiary alicyclic amines) is 1. The summed E-state index contributed by atoms with van der Waals surface area (Å²) in [5, 5.41) is 0. The van der Waals surface area contributed by atoms with Crippen LogP contribution in [0.3, 0.4) is 0 Å². The number of nitrogens with two attached hydrogens (primary N) is 1. The van der Waals surface area contributed by atoms with E-state index < -0.39 is 0 Å². The molecule has 0 aromatic rings. The van der Waals surface area contributed by atoms with E-state index in [9.17, 15) is 0 Å². The fourth-order valence-corrected chi connectivity index (χ4v) is 3.19. The summed E-state index contributed by atoms with van der Waals surface area (Å²) in [5.41, 5.74) is 5.97. The normalized spacial score (nSPS) is 30.0. The van der Waals surface area contributed by atoms with Gasteiger partial charge in [0.25, 0.3) is 0 Å². The van der Waals surface area contributed by atoms with Gasteiger partial charge in [-0.25, -0.2) is 0 Å². The van der Waals surface area contributed by atoms with Gasteiger partial charge in [-0.1, -0.05) is 19.3 Å². The zero-order chi connectivity index (χ0) is 10.7. The van der Waals surface area contributed by atoms with Crippen LogP contribution < -0.4 is 5.73 Å². The molecule has 0 spiro atoms. The van der Waals surface area contributed by atoms with Crippen LogP contribution in [0.15, 0.2) is 0 Å². The van der Waals surface area contributed by atoms with E-state index in [1.807, 2.05) is 0 Å². The van der Waals surface area contributed by atoms with Gasteiger partial charge in [-0.2, -0.15) is 0 Å². The van der Waals surface area contributed by atoms with Gasteiger partial charge in [0.05, 0.1) is 0 Å². The van der Waals surface area contributed by atoms with Crippen LogP contribution in [0.25, 0.3) is 0 Å². The number of hydrogen-bond acceptors (Lipinski definition) is 2. The van der Waals surface area contributed by atoms with Crippen LogP contribution in [0.1, 0.15) is 45.4 Å². The lowest BCUT2D eigenvalue weighted by atomic mass is 9.89. The number of nitrogens with zero attached hydrogens (tertiary/aromatic N) is 1. The maximum absolute atomic E-state index is 5.97. The van der Waals surface area contributed by atoms with E-state index in [4.69, 9.17) is 5.73 Å². The molecule has 1 saturated carbocycles. The lowest BCUT2D eigenvalue weighted by molar-refractivity contribution is 0.225. The highest BCUT2D eigenvalue weighted by atomic mass is 35.5. The first-order valence-corrected chi connectivity index (χ1v) is 6.73. The van der Waals surface area contributed by atoms with Crippen molar-refractivity contribution < 1.29 is 0 Å². The Hall–Kier alpha value is 0.210. The van der Waals surface area contributed by atoms with Gasteiger partial charge in [0, 0.05) is 19.1 Å². The molecule has 96 valence electrons. The van der Waals surface area contributed by atoms with Crippen molar-refractivity contribution in [1.82, 2.24) is 4.90 Å². The second-order valence-corrected chi connectivity index (χ2v) is 5.67. The Morgan fingerprint density at radius 1 is 1.19 bits per heavy atom. The van der Waals surface area contributed by atoms with Crippen molar-refractivity contribution in [2.24, 2.45) is 17.6 Å². The largest absolute Gasteiger partial charge is 0.328 e. The maximum Gasteiger partial charge on any atom is 0.00514 e. The Balaban J connectivity index is 0.00000128. The third kappa shape index (κ3) is 3.90. The molecule has 2 rings (SSSR count). The zero-order valence-electron chi connectivity index (χ0n) is 10.5.